The van der Waals surface area contributed by atoms with Crippen molar-refractivity contribution in [1.82, 2.24) is 0 Å². The van der Waals surface area contributed by atoms with Crippen molar-refractivity contribution in [1.29, 1.82) is 0 Å². The summed E-state index contributed by atoms with van der Waals surface area (Å²) in [5.74, 6) is 0. The maximum atomic E-state index is 10.9. The Labute approximate surface area is 94.6 Å². The van der Waals surface area contributed by atoms with Gasteiger partial charge in [0.1, 0.15) is 6.29 Å². The zero-order valence-electron chi connectivity index (χ0n) is 7.77. The molecule has 1 aromatic carbocycles. The van der Waals surface area contributed by atoms with Gasteiger partial charge in [0.05, 0.1) is 10.3 Å². The molecule has 4 nitrogen and oxygen atoms in total. The molecule has 0 bridgehead atoms. The maximum absolute atomic E-state index is 10.9. The smallest absolute Gasteiger partial charge is 0.270 e. The van der Waals surface area contributed by atoms with E-state index >= 15 is 0 Å². The number of nitro groups is 1. The van der Waals surface area contributed by atoms with Crippen LogP contribution in [0.3, 0.4) is 0 Å². The van der Waals surface area contributed by atoms with Crippen LogP contribution in [0.15, 0.2) is 22.7 Å². The van der Waals surface area contributed by atoms with E-state index < -0.39 is 10.3 Å². The topological polar surface area (TPSA) is 60.2 Å². The summed E-state index contributed by atoms with van der Waals surface area (Å²) in [7, 11) is 0. The second-order valence-corrected chi connectivity index (χ2v) is 4.55. The van der Waals surface area contributed by atoms with Crippen molar-refractivity contribution in [3.8, 4) is 0 Å². The molecule has 0 amide bonds. The summed E-state index contributed by atoms with van der Waals surface area (Å²) in [6.45, 7) is 0. The third-order valence-corrected chi connectivity index (χ3v) is 3.37. The molecule has 2 rings (SSSR count). The number of non-ortho nitro benzene ring substituents is 1. The fraction of sp³-hybridized carbons (Fsp3) is 0.300. The Bertz CT molecular complexity index is 440. The summed E-state index contributed by atoms with van der Waals surface area (Å²) in [6, 6.07) is 4.53. The zero-order valence-corrected chi connectivity index (χ0v) is 9.36. The molecule has 0 saturated heterocycles. The van der Waals surface area contributed by atoms with Crippen molar-refractivity contribution >= 4 is 27.9 Å². The fourth-order valence-corrected chi connectivity index (χ4v) is 2.37. The highest BCUT2D eigenvalue weighted by Gasteiger charge is 2.45. The number of halogens is 1. The number of hydrogen-bond donors (Lipinski definition) is 0. The molecule has 1 aromatic rings. The number of nitro benzene ring substituents is 1. The summed E-state index contributed by atoms with van der Waals surface area (Å²) < 4.78 is 0.640. The lowest BCUT2D eigenvalue weighted by atomic mass is 9.98. The molecule has 0 spiro atoms. The van der Waals surface area contributed by atoms with Gasteiger partial charge in [-0.2, -0.15) is 0 Å². The van der Waals surface area contributed by atoms with E-state index in [0.29, 0.717) is 4.47 Å². The molecule has 1 aliphatic rings. The lowest BCUT2D eigenvalue weighted by Crippen LogP contribution is -2.08. The Balaban J connectivity index is 2.43. The highest BCUT2D eigenvalue weighted by atomic mass is 79.9. The Hall–Kier alpha value is -1.23. The van der Waals surface area contributed by atoms with Crippen LogP contribution in [0.1, 0.15) is 18.4 Å². The first-order chi connectivity index (χ1) is 7.09. The minimum absolute atomic E-state index is 0.0346. The van der Waals surface area contributed by atoms with Crippen molar-refractivity contribution in [2.45, 2.75) is 18.3 Å². The van der Waals surface area contributed by atoms with Crippen LogP contribution in [0, 0.1) is 10.1 Å². The molecular formula is C10H8BrNO3. The Morgan fingerprint density at radius 2 is 2.13 bits per heavy atom. The van der Waals surface area contributed by atoms with Gasteiger partial charge in [0.25, 0.3) is 5.69 Å². The first-order valence-electron chi connectivity index (χ1n) is 4.50. The zero-order chi connectivity index (χ0) is 11.1. The van der Waals surface area contributed by atoms with Crippen LogP contribution < -0.4 is 0 Å². The molecule has 0 N–H and O–H groups in total. The summed E-state index contributed by atoms with van der Waals surface area (Å²) in [5, 5.41) is 10.5. The van der Waals surface area contributed by atoms with Crippen molar-refractivity contribution in [3.05, 3.63) is 38.3 Å². The van der Waals surface area contributed by atoms with Gasteiger partial charge in [0.2, 0.25) is 0 Å². The van der Waals surface area contributed by atoms with E-state index in [-0.39, 0.29) is 5.69 Å². The van der Waals surface area contributed by atoms with Crippen LogP contribution >= 0.6 is 15.9 Å². The average molecular weight is 270 g/mol. The van der Waals surface area contributed by atoms with Gasteiger partial charge in [-0.25, -0.2) is 0 Å². The fourth-order valence-electron chi connectivity index (χ4n) is 1.61. The molecule has 1 aliphatic carbocycles. The van der Waals surface area contributed by atoms with Crippen molar-refractivity contribution in [2.24, 2.45) is 0 Å². The minimum atomic E-state index is -0.449. The summed E-state index contributed by atoms with van der Waals surface area (Å²) in [4.78, 5) is 21.0. The molecule has 0 unspecified atom stereocenters. The van der Waals surface area contributed by atoms with E-state index in [1.807, 2.05) is 0 Å². The molecule has 0 aliphatic heterocycles. The minimum Gasteiger partial charge on any atom is -0.302 e. The summed E-state index contributed by atoms with van der Waals surface area (Å²) in [5.41, 5.74) is 0.490. The van der Waals surface area contributed by atoms with E-state index in [0.717, 1.165) is 24.7 Å². The number of aldehydes is 1. The number of carbonyl (C=O) groups is 1. The van der Waals surface area contributed by atoms with Crippen LogP contribution in [-0.2, 0) is 10.2 Å². The third kappa shape index (κ3) is 1.67. The van der Waals surface area contributed by atoms with Gasteiger partial charge >= 0.3 is 0 Å². The molecule has 0 radical (unpaired) electrons. The van der Waals surface area contributed by atoms with E-state index in [4.69, 9.17) is 0 Å². The first kappa shape index (κ1) is 10.3. The highest BCUT2D eigenvalue weighted by molar-refractivity contribution is 9.10. The van der Waals surface area contributed by atoms with Crippen LogP contribution in [0.5, 0.6) is 0 Å². The predicted octanol–water partition coefficient (Wildman–Crippen LogP) is 2.59. The molecule has 0 aromatic heterocycles. The number of benzene rings is 1. The van der Waals surface area contributed by atoms with Gasteiger partial charge in [-0.1, -0.05) is 22.0 Å². The normalized spacial score (nSPS) is 17.1. The van der Waals surface area contributed by atoms with Gasteiger partial charge in [-0.05, 0) is 18.4 Å². The molecule has 15 heavy (non-hydrogen) atoms. The summed E-state index contributed by atoms with van der Waals surface area (Å²) >= 11 is 3.27. The predicted molar refractivity (Wildman–Crippen MR) is 57.8 cm³/mol. The molecule has 1 saturated carbocycles. The van der Waals surface area contributed by atoms with Gasteiger partial charge in [0, 0.05) is 16.6 Å². The number of rotatable bonds is 3. The average Bonchev–Trinajstić information content (AvgIpc) is 2.98. The SMILES string of the molecule is O=CC1(c2ccc([N+](=O)[O-])cc2Br)CC1. The molecule has 0 atom stereocenters. The Morgan fingerprint density at radius 1 is 1.47 bits per heavy atom. The number of hydrogen-bond acceptors (Lipinski definition) is 3. The van der Waals surface area contributed by atoms with Crippen LogP contribution in [0.25, 0.3) is 0 Å². The lowest BCUT2D eigenvalue weighted by Gasteiger charge is -2.09. The van der Waals surface area contributed by atoms with Crippen molar-refractivity contribution in [2.75, 3.05) is 0 Å². The standard InChI is InChI=1S/C10H8BrNO3/c11-9-5-7(12(14)15)1-2-8(9)10(6-13)3-4-10/h1-2,5-6H,3-4H2. The van der Waals surface area contributed by atoms with Gasteiger partial charge in [-0.15, -0.1) is 0 Å². The van der Waals surface area contributed by atoms with E-state index in [1.54, 1.807) is 6.07 Å². The maximum Gasteiger partial charge on any atom is 0.270 e. The quantitative estimate of drug-likeness (QED) is 0.482. The molecule has 0 heterocycles. The van der Waals surface area contributed by atoms with Crippen LogP contribution in [0.4, 0.5) is 5.69 Å². The monoisotopic (exact) mass is 269 g/mol. The van der Waals surface area contributed by atoms with Gasteiger partial charge in [-0.3, -0.25) is 10.1 Å². The second-order valence-electron chi connectivity index (χ2n) is 3.70. The van der Waals surface area contributed by atoms with E-state index in [9.17, 15) is 14.9 Å². The van der Waals surface area contributed by atoms with E-state index in [2.05, 4.69) is 15.9 Å². The Kier molecular flexibility index (Phi) is 2.34. The van der Waals surface area contributed by atoms with E-state index in [1.165, 1.54) is 12.1 Å². The molecular weight excluding hydrogens is 262 g/mol. The van der Waals surface area contributed by atoms with Crippen LogP contribution in [0.2, 0.25) is 0 Å². The second kappa shape index (κ2) is 3.41. The molecule has 1 fully saturated rings. The largest absolute Gasteiger partial charge is 0.302 e. The highest BCUT2D eigenvalue weighted by Crippen LogP contribution is 2.49. The molecule has 78 valence electrons. The van der Waals surface area contributed by atoms with Crippen LogP contribution in [-0.4, -0.2) is 11.2 Å². The van der Waals surface area contributed by atoms with Gasteiger partial charge in [0.15, 0.2) is 0 Å². The molecule has 5 heteroatoms. The number of nitrogens with zero attached hydrogens (tertiary/aromatic N) is 1. The lowest BCUT2D eigenvalue weighted by molar-refractivity contribution is -0.384. The Morgan fingerprint density at radius 3 is 2.53 bits per heavy atom. The first-order valence-corrected chi connectivity index (χ1v) is 5.29. The van der Waals surface area contributed by atoms with Crippen molar-refractivity contribution < 1.29 is 9.72 Å². The van der Waals surface area contributed by atoms with Gasteiger partial charge < -0.3 is 4.79 Å². The third-order valence-electron chi connectivity index (χ3n) is 2.71. The summed E-state index contributed by atoms with van der Waals surface area (Å²) in [6.07, 6.45) is 2.58. The van der Waals surface area contributed by atoms with Crippen molar-refractivity contribution in [3.63, 3.8) is 0 Å². The number of carbonyl (C=O) groups excluding carboxylic acids is 1.